The molecule has 7 heteroatoms. The van der Waals surface area contributed by atoms with Crippen LogP contribution in [0.5, 0.6) is 0 Å². The Morgan fingerprint density at radius 2 is 2.20 bits per heavy atom. The lowest BCUT2D eigenvalue weighted by molar-refractivity contribution is -0.136. The van der Waals surface area contributed by atoms with Crippen molar-refractivity contribution in [3.05, 3.63) is 29.2 Å². The Labute approximate surface area is 148 Å². The molecule has 0 aliphatic carbocycles. The Balaban J connectivity index is 1.72. The summed E-state index contributed by atoms with van der Waals surface area (Å²) in [6.07, 6.45) is 5.92. The highest BCUT2D eigenvalue weighted by atomic mass is 16.5. The zero-order valence-electron chi connectivity index (χ0n) is 15.4. The number of hydrogen-bond acceptors (Lipinski definition) is 5. The molecule has 0 radical (unpaired) electrons. The Hall–Kier alpha value is -2.18. The summed E-state index contributed by atoms with van der Waals surface area (Å²) in [4.78, 5) is 19.3. The molecule has 1 fully saturated rings. The largest absolute Gasteiger partial charge is 0.337 e. The van der Waals surface area contributed by atoms with Crippen molar-refractivity contribution >= 4 is 5.91 Å². The van der Waals surface area contributed by atoms with Crippen LogP contribution in [0.15, 0.2) is 10.6 Å². The second-order valence-corrected chi connectivity index (χ2v) is 6.84. The molecule has 0 unspecified atom stereocenters. The van der Waals surface area contributed by atoms with Crippen LogP contribution >= 0.6 is 0 Å². The summed E-state index contributed by atoms with van der Waals surface area (Å²) in [5, 5.41) is 8.48. The molecule has 0 aromatic carbocycles. The topological polar surface area (TPSA) is 77.0 Å². The van der Waals surface area contributed by atoms with Crippen molar-refractivity contribution in [2.45, 2.75) is 71.9 Å². The highest BCUT2D eigenvalue weighted by Gasteiger charge is 2.32. The number of piperidine rings is 1. The summed E-state index contributed by atoms with van der Waals surface area (Å²) in [5.74, 6) is 1.38. The predicted molar refractivity (Wildman–Crippen MR) is 92.9 cm³/mol. The van der Waals surface area contributed by atoms with Gasteiger partial charge in [-0.05, 0) is 45.6 Å². The summed E-state index contributed by atoms with van der Waals surface area (Å²) in [6, 6.07) is 1.87. The second-order valence-electron chi connectivity index (χ2n) is 6.84. The molecule has 0 saturated carbocycles. The number of nitrogens with zero attached hydrogens (tertiary/aromatic N) is 5. The molecule has 0 spiro atoms. The molecule has 1 aliphatic heterocycles. The number of aryl methyl sites for hydroxylation is 3. The maximum atomic E-state index is 12.9. The van der Waals surface area contributed by atoms with E-state index in [1.807, 2.05) is 24.8 Å². The zero-order chi connectivity index (χ0) is 17.8. The zero-order valence-corrected chi connectivity index (χ0v) is 15.4. The fourth-order valence-corrected chi connectivity index (χ4v) is 3.38. The van der Waals surface area contributed by atoms with E-state index in [1.54, 1.807) is 4.68 Å². The highest BCUT2D eigenvalue weighted by Crippen LogP contribution is 2.30. The van der Waals surface area contributed by atoms with Gasteiger partial charge in [0.2, 0.25) is 11.8 Å². The van der Waals surface area contributed by atoms with Crippen LogP contribution in [0.3, 0.4) is 0 Å². The minimum Gasteiger partial charge on any atom is -0.337 e. The van der Waals surface area contributed by atoms with Gasteiger partial charge in [0.1, 0.15) is 12.6 Å². The molecule has 1 amide bonds. The maximum Gasteiger partial charge on any atom is 0.249 e. The van der Waals surface area contributed by atoms with Gasteiger partial charge in [0.15, 0.2) is 5.82 Å². The third-order valence-electron chi connectivity index (χ3n) is 4.73. The average Bonchev–Trinajstić information content (AvgIpc) is 3.19. The standard InChI is InChI=1S/C18H27N5O2/c1-4-5-9-16-19-18(25-21-16)15-8-6-7-10-22(15)17(24)12-23-14(3)11-13(2)20-23/h11,15H,4-10,12H2,1-3H3/t15-/m1/s1. The van der Waals surface area contributed by atoms with Gasteiger partial charge >= 0.3 is 0 Å². The van der Waals surface area contributed by atoms with Crippen molar-refractivity contribution in [2.24, 2.45) is 0 Å². The number of likely N-dealkylation sites (tertiary alicyclic amines) is 1. The van der Waals surface area contributed by atoms with Crippen LogP contribution in [0.1, 0.15) is 68.2 Å². The lowest BCUT2D eigenvalue weighted by Gasteiger charge is -2.33. The Kier molecular flexibility index (Phi) is 5.50. The summed E-state index contributed by atoms with van der Waals surface area (Å²) in [6.45, 7) is 7.04. The average molecular weight is 345 g/mol. The lowest BCUT2D eigenvalue weighted by Crippen LogP contribution is -2.40. The molecule has 136 valence electrons. The van der Waals surface area contributed by atoms with E-state index in [0.717, 1.165) is 62.3 Å². The van der Waals surface area contributed by atoms with Crippen LogP contribution < -0.4 is 0 Å². The smallest absolute Gasteiger partial charge is 0.249 e. The number of hydrogen-bond donors (Lipinski definition) is 0. The SMILES string of the molecule is CCCCc1noc([C@H]2CCCCN2C(=O)Cn2nc(C)cc2C)n1. The van der Waals surface area contributed by atoms with Crippen LogP contribution in [0.2, 0.25) is 0 Å². The number of carbonyl (C=O) groups excluding carboxylic acids is 1. The Bertz CT molecular complexity index is 721. The third kappa shape index (κ3) is 4.08. The van der Waals surface area contributed by atoms with E-state index in [4.69, 9.17) is 4.52 Å². The number of aromatic nitrogens is 4. The van der Waals surface area contributed by atoms with E-state index in [0.29, 0.717) is 5.89 Å². The van der Waals surface area contributed by atoms with Crippen molar-refractivity contribution in [1.29, 1.82) is 0 Å². The van der Waals surface area contributed by atoms with Crippen LogP contribution in [0, 0.1) is 13.8 Å². The second kappa shape index (κ2) is 7.80. The summed E-state index contributed by atoms with van der Waals surface area (Å²) >= 11 is 0. The van der Waals surface area contributed by atoms with Crippen LogP contribution in [-0.2, 0) is 17.8 Å². The van der Waals surface area contributed by atoms with Crippen molar-refractivity contribution < 1.29 is 9.32 Å². The molecule has 2 aromatic rings. The van der Waals surface area contributed by atoms with Gasteiger partial charge < -0.3 is 9.42 Å². The van der Waals surface area contributed by atoms with Crippen LogP contribution in [0.4, 0.5) is 0 Å². The van der Waals surface area contributed by atoms with Crippen molar-refractivity contribution in [2.75, 3.05) is 6.54 Å². The van der Waals surface area contributed by atoms with Crippen LogP contribution in [-0.4, -0.2) is 37.3 Å². The highest BCUT2D eigenvalue weighted by molar-refractivity contribution is 5.76. The molecule has 25 heavy (non-hydrogen) atoms. The first-order valence-corrected chi connectivity index (χ1v) is 9.21. The number of carbonyl (C=O) groups is 1. The number of rotatable bonds is 6. The molecular weight excluding hydrogens is 318 g/mol. The minimum atomic E-state index is -0.110. The summed E-state index contributed by atoms with van der Waals surface area (Å²) in [7, 11) is 0. The van der Waals surface area contributed by atoms with Crippen LogP contribution in [0.25, 0.3) is 0 Å². The number of amides is 1. The molecule has 7 nitrogen and oxygen atoms in total. The van der Waals surface area contributed by atoms with E-state index in [2.05, 4.69) is 22.2 Å². The van der Waals surface area contributed by atoms with Gasteiger partial charge in [0.05, 0.1) is 5.69 Å². The molecule has 1 saturated heterocycles. The molecule has 2 aromatic heterocycles. The minimum absolute atomic E-state index is 0.0595. The first kappa shape index (κ1) is 17.6. The van der Waals surface area contributed by atoms with E-state index < -0.39 is 0 Å². The molecule has 0 bridgehead atoms. The Morgan fingerprint density at radius 1 is 1.36 bits per heavy atom. The molecule has 1 aliphatic rings. The molecule has 0 N–H and O–H groups in total. The van der Waals surface area contributed by atoms with Crippen molar-refractivity contribution in [3.63, 3.8) is 0 Å². The fourth-order valence-electron chi connectivity index (χ4n) is 3.38. The van der Waals surface area contributed by atoms with Gasteiger partial charge in [-0.25, -0.2) is 0 Å². The van der Waals surface area contributed by atoms with E-state index in [1.165, 1.54) is 0 Å². The summed E-state index contributed by atoms with van der Waals surface area (Å²) in [5.41, 5.74) is 1.93. The van der Waals surface area contributed by atoms with E-state index in [-0.39, 0.29) is 18.5 Å². The molecule has 1 atom stereocenters. The maximum absolute atomic E-state index is 12.9. The van der Waals surface area contributed by atoms with Gasteiger partial charge in [0.25, 0.3) is 0 Å². The summed E-state index contributed by atoms with van der Waals surface area (Å²) < 4.78 is 7.25. The molecule has 3 heterocycles. The molecule has 3 rings (SSSR count). The number of unbranched alkanes of at least 4 members (excludes halogenated alkanes) is 1. The first-order valence-electron chi connectivity index (χ1n) is 9.21. The third-order valence-corrected chi connectivity index (χ3v) is 4.73. The van der Waals surface area contributed by atoms with Crippen molar-refractivity contribution in [1.82, 2.24) is 24.8 Å². The van der Waals surface area contributed by atoms with Gasteiger partial charge in [-0.1, -0.05) is 18.5 Å². The van der Waals surface area contributed by atoms with Crippen molar-refractivity contribution in [3.8, 4) is 0 Å². The van der Waals surface area contributed by atoms with E-state index >= 15 is 0 Å². The van der Waals surface area contributed by atoms with Gasteiger partial charge in [-0.3, -0.25) is 9.48 Å². The van der Waals surface area contributed by atoms with E-state index in [9.17, 15) is 4.79 Å². The molecular formula is C18H27N5O2. The fraction of sp³-hybridized carbons (Fsp3) is 0.667. The van der Waals surface area contributed by atoms with Gasteiger partial charge in [-0.15, -0.1) is 0 Å². The predicted octanol–water partition coefficient (Wildman–Crippen LogP) is 2.98. The monoisotopic (exact) mass is 345 g/mol. The quantitative estimate of drug-likeness (QED) is 0.804. The first-order chi connectivity index (χ1) is 12.1. The Morgan fingerprint density at radius 3 is 2.92 bits per heavy atom. The normalized spacial score (nSPS) is 17.9. The van der Waals surface area contributed by atoms with Gasteiger partial charge in [-0.2, -0.15) is 10.1 Å². The lowest BCUT2D eigenvalue weighted by atomic mass is 10.0. The van der Waals surface area contributed by atoms with Gasteiger partial charge in [0, 0.05) is 18.7 Å².